The zero-order chi connectivity index (χ0) is 13.8. The number of nitrogens with two attached hydrogens (primary N) is 1. The van der Waals surface area contributed by atoms with E-state index in [1.54, 1.807) is 26.2 Å². The van der Waals surface area contributed by atoms with Gasteiger partial charge in [-0.1, -0.05) is 6.07 Å². The fourth-order valence-corrected chi connectivity index (χ4v) is 2.79. The van der Waals surface area contributed by atoms with Crippen molar-refractivity contribution in [3.63, 3.8) is 0 Å². The van der Waals surface area contributed by atoms with Gasteiger partial charge >= 0.3 is 0 Å². The lowest BCUT2D eigenvalue weighted by Gasteiger charge is -2.14. The molecule has 0 fully saturated rings. The lowest BCUT2D eigenvalue weighted by atomic mass is 10.2. The van der Waals surface area contributed by atoms with Crippen LogP contribution in [0.2, 0.25) is 0 Å². The highest BCUT2D eigenvalue weighted by molar-refractivity contribution is 7.89. The van der Waals surface area contributed by atoms with Crippen molar-refractivity contribution in [2.75, 3.05) is 19.5 Å². The Morgan fingerprint density at radius 3 is 2.67 bits per heavy atom. The number of anilines is 1. The number of hydrogen-bond donors (Lipinski definition) is 2. The summed E-state index contributed by atoms with van der Waals surface area (Å²) >= 11 is 0. The van der Waals surface area contributed by atoms with Crippen LogP contribution in [-0.4, -0.2) is 28.2 Å². The third-order valence-electron chi connectivity index (χ3n) is 2.67. The van der Waals surface area contributed by atoms with Crippen LogP contribution >= 0.6 is 0 Å². The second-order valence-electron chi connectivity index (χ2n) is 4.32. The molecule has 3 N–H and O–H groups in total. The SMILES string of the molecule is COCCC(C)NS(=O)(=O)c1ccc(C)c(N)c1. The van der Waals surface area contributed by atoms with Gasteiger partial charge in [0.2, 0.25) is 10.0 Å². The molecule has 0 saturated carbocycles. The molecule has 0 heterocycles. The number of rotatable bonds is 6. The van der Waals surface area contributed by atoms with Crippen LogP contribution < -0.4 is 10.5 Å². The number of hydrogen-bond acceptors (Lipinski definition) is 4. The van der Waals surface area contributed by atoms with Crippen LogP contribution in [0.1, 0.15) is 18.9 Å². The average Bonchev–Trinajstić information content (AvgIpc) is 2.29. The molecule has 0 aromatic heterocycles. The molecular formula is C12H20N2O3S. The van der Waals surface area contributed by atoms with Crippen molar-refractivity contribution in [2.24, 2.45) is 0 Å². The number of benzene rings is 1. The molecule has 1 rings (SSSR count). The standard InChI is InChI=1S/C12H20N2O3S/c1-9-4-5-11(8-12(9)13)18(15,16)14-10(2)6-7-17-3/h4-5,8,10,14H,6-7,13H2,1-3H3. The first kappa shape index (κ1) is 14.9. The molecule has 0 aliphatic carbocycles. The van der Waals surface area contributed by atoms with Gasteiger partial charge in [-0.2, -0.15) is 0 Å². The maximum atomic E-state index is 12.1. The summed E-state index contributed by atoms with van der Waals surface area (Å²) in [6, 6.07) is 4.54. The summed E-state index contributed by atoms with van der Waals surface area (Å²) in [5.74, 6) is 0. The normalized spacial score (nSPS) is 13.5. The Hall–Kier alpha value is -1.11. The monoisotopic (exact) mass is 272 g/mol. The zero-order valence-corrected chi connectivity index (χ0v) is 11.8. The average molecular weight is 272 g/mol. The Morgan fingerprint density at radius 1 is 1.44 bits per heavy atom. The molecule has 0 aliphatic heterocycles. The highest BCUT2D eigenvalue weighted by Crippen LogP contribution is 2.17. The molecule has 0 bridgehead atoms. The van der Waals surface area contributed by atoms with E-state index in [2.05, 4.69) is 4.72 Å². The molecule has 0 aliphatic rings. The zero-order valence-electron chi connectivity index (χ0n) is 10.9. The summed E-state index contributed by atoms with van der Waals surface area (Å²) in [6.07, 6.45) is 0.622. The minimum Gasteiger partial charge on any atom is -0.398 e. The number of nitrogens with one attached hydrogen (secondary N) is 1. The van der Waals surface area contributed by atoms with Crippen molar-refractivity contribution < 1.29 is 13.2 Å². The van der Waals surface area contributed by atoms with Gasteiger partial charge in [-0.3, -0.25) is 0 Å². The molecule has 5 nitrogen and oxygen atoms in total. The second kappa shape index (κ2) is 6.17. The van der Waals surface area contributed by atoms with E-state index in [1.165, 1.54) is 6.07 Å². The van der Waals surface area contributed by atoms with Gasteiger partial charge in [-0.05, 0) is 38.0 Å². The molecule has 0 saturated heterocycles. The van der Waals surface area contributed by atoms with Gasteiger partial charge in [0.05, 0.1) is 4.90 Å². The van der Waals surface area contributed by atoms with Crippen LogP contribution in [0, 0.1) is 6.92 Å². The Balaban J connectivity index is 2.83. The number of methoxy groups -OCH3 is 1. The number of aryl methyl sites for hydroxylation is 1. The summed E-state index contributed by atoms with van der Waals surface area (Å²) in [7, 11) is -1.93. The lowest BCUT2D eigenvalue weighted by molar-refractivity contribution is 0.188. The first-order valence-electron chi connectivity index (χ1n) is 5.74. The van der Waals surface area contributed by atoms with Gasteiger partial charge in [0.25, 0.3) is 0 Å². The van der Waals surface area contributed by atoms with E-state index < -0.39 is 10.0 Å². The van der Waals surface area contributed by atoms with Crippen molar-refractivity contribution in [1.82, 2.24) is 4.72 Å². The van der Waals surface area contributed by atoms with E-state index >= 15 is 0 Å². The van der Waals surface area contributed by atoms with Gasteiger partial charge < -0.3 is 10.5 Å². The molecule has 1 unspecified atom stereocenters. The Bertz CT molecular complexity index is 500. The molecule has 1 aromatic rings. The third kappa shape index (κ3) is 3.97. The number of nitrogen functional groups attached to an aromatic ring is 1. The van der Waals surface area contributed by atoms with E-state index in [0.717, 1.165) is 5.56 Å². The van der Waals surface area contributed by atoms with Gasteiger partial charge in [-0.25, -0.2) is 13.1 Å². The highest BCUT2D eigenvalue weighted by Gasteiger charge is 2.17. The first-order valence-corrected chi connectivity index (χ1v) is 7.22. The van der Waals surface area contributed by atoms with Crippen molar-refractivity contribution >= 4 is 15.7 Å². The number of sulfonamides is 1. The minimum atomic E-state index is -3.51. The molecule has 6 heteroatoms. The molecular weight excluding hydrogens is 252 g/mol. The molecule has 0 spiro atoms. The first-order chi connectivity index (χ1) is 8.36. The Labute approximate surface area is 108 Å². The predicted octanol–water partition coefficient (Wildman–Crippen LogP) is 1.28. The van der Waals surface area contributed by atoms with E-state index in [0.29, 0.717) is 18.7 Å². The molecule has 1 aromatic carbocycles. The molecule has 102 valence electrons. The van der Waals surface area contributed by atoms with Crippen molar-refractivity contribution in [3.05, 3.63) is 23.8 Å². The van der Waals surface area contributed by atoms with Crippen LogP contribution in [0.25, 0.3) is 0 Å². The molecule has 0 radical (unpaired) electrons. The van der Waals surface area contributed by atoms with Crippen LogP contribution in [0.5, 0.6) is 0 Å². The van der Waals surface area contributed by atoms with Crippen LogP contribution in [-0.2, 0) is 14.8 Å². The van der Waals surface area contributed by atoms with Crippen molar-refractivity contribution in [2.45, 2.75) is 31.2 Å². The van der Waals surface area contributed by atoms with Gasteiger partial charge in [-0.15, -0.1) is 0 Å². The summed E-state index contributed by atoms with van der Waals surface area (Å²) in [5.41, 5.74) is 7.05. The fraction of sp³-hybridized carbons (Fsp3) is 0.500. The molecule has 1 atom stereocenters. The molecule has 18 heavy (non-hydrogen) atoms. The number of ether oxygens (including phenoxy) is 1. The van der Waals surface area contributed by atoms with Crippen LogP contribution in [0.15, 0.2) is 23.1 Å². The predicted molar refractivity (Wildman–Crippen MR) is 71.9 cm³/mol. The van der Waals surface area contributed by atoms with Crippen LogP contribution in [0.4, 0.5) is 5.69 Å². The van der Waals surface area contributed by atoms with Gasteiger partial charge in [0.15, 0.2) is 0 Å². The molecule has 0 amide bonds. The van der Waals surface area contributed by atoms with Crippen LogP contribution in [0.3, 0.4) is 0 Å². The van der Waals surface area contributed by atoms with E-state index in [9.17, 15) is 8.42 Å². The van der Waals surface area contributed by atoms with Crippen molar-refractivity contribution in [3.8, 4) is 0 Å². The smallest absolute Gasteiger partial charge is 0.240 e. The second-order valence-corrected chi connectivity index (χ2v) is 6.04. The van der Waals surface area contributed by atoms with E-state index in [-0.39, 0.29) is 10.9 Å². The summed E-state index contributed by atoms with van der Waals surface area (Å²) in [6.45, 7) is 4.15. The summed E-state index contributed by atoms with van der Waals surface area (Å²) in [4.78, 5) is 0.190. The Morgan fingerprint density at radius 2 is 2.11 bits per heavy atom. The quantitative estimate of drug-likeness (QED) is 0.764. The summed E-state index contributed by atoms with van der Waals surface area (Å²) < 4.78 is 31.6. The minimum absolute atomic E-state index is 0.183. The fourth-order valence-electron chi connectivity index (χ4n) is 1.47. The maximum Gasteiger partial charge on any atom is 0.240 e. The van der Waals surface area contributed by atoms with E-state index in [4.69, 9.17) is 10.5 Å². The van der Waals surface area contributed by atoms with Gasteiger partial charge in [0.1, 0.15) is 0 Å². The lowest BCUT2D eigenvalue weighted by Crippen LogP contribution is -2.33. The maximum absolute atomic E-state index is 12.1. The van der Waals surface area contributed by atoms with Gasteiger partial charge in [0, 0.05) is 25.4 Å². The third-order valence-corrected chi connectivity index (χ3v) is 4.26. The largest absolute Gasteiger partial charge is 0.398 e. The summed E-state index contributed by atoms with van der Waals surface area (Å²) in [5, 5.41) is 0. The topological polar surface area (TPSA) is 81.4 Å². The van der Waals surface area contributed by atoms with E-state index in [1.807, 2.05) is 6.92 Å². The Kier molecular flexibility index (Phi) is 5.13. The van der Waals surface area contributed by atoms with Crippen molar-refractivity contribution in [1.29, 1.82) is 0 Å². The highest BCUT2D eigenvalue weighted by atomic mass is 32.2.